The zero-order valence-electron chi connectivity index (χ0n) is 32.3. The largest absolute Gasteiger partial charge is 0.493 e. The summed E-state index contributed by atoms with van der Waals surface area (Å²) in [5.74, 6) is 0. The van der Waals surface area contributed by atoms with Crippen molar-refractivity contribution < 1.29 is 43.0 Å². The van der Waals surface area contributed by atoms with Gasteiger partial charge in [-0.3, -0.25) is 0 Å². The van der Waals surface area contributed by atoms with Gasteiger partial charge in [-0.25, -0.2) is 0 Å². The van der Waals surface area contributed by atoms with Gasteiger partial charge in [0.15, 0.2) is 12.4 Å². The van der Waals surface area contributed by atoms with Crippen LogP contribution in [0.25, 0.3) is 0 Å². The van der Waals surface area contributed by atoms with Crippen LogP contribution in [0.3, 0.4) is 0 Å². The molecule has 57 heavy (non-hydrogen) atoms. The lowest BCUT2D eigenvalue weighted by molar-refractivity contribution is -0.360. The summed E-state index contributed by atoms with van der Waals surface area (Å²) in [4.78, 5) is 0. The van der Waals surface area contributed by atoms with Gasteiger partial charge in [-0.05, 0) is 40.8 Å². The summed E-state index contributed by atoms with van der Waals surface area (Å²) in [6.45, 7) is 3.76. The number of hydrogen-bond acceptors (Lipinski definition) is 9. The molecule has 9 nitrogen and oxygen atoms in total. The molecule has 2 heterocycles. The summed E-state index contributed by atoms with van der Waals surface area (Å²) >= 11 is 0. The third-order valence-electron chi connectivity index (χ3n) is 10.3. The highest BCUT2D eigenvalue weighted by atomic mass is 16.7. The van der Waals surface area contributed by atoms with Crippen LogP contribution >= 0.6 is 0 Å². The molecule has 0 aliphatic carbocycles. The molecule has 5 aromatic rings. The van der Waals surface area contributed by atoms with E-state index >= 15 is 0 Å². The highest BCUT2D eigenvalue weighted by molar-refractivity contribution is 5.18. The van der Waals surface area contributed by atoms with Gasteiger partial charge in [-0.15, -0.1) is 0 Å². The van der Waals surface area contributed by atoms with Crippen molar-refractivity contribution in [1.29, 1.82) is 0 Å². The SMILES string of the molecule is CC1(O[C@@H]2OC(COCc3ccccc3)[C@H](O)C(OCc3ccccc3)C2OCc2ccccc2)C(OCc2ccccc2)C=COC1COCc1ccccc1. The van der Waals surface area contributed by atoms with Crippen molar-refractivity contribution in [2.45, 2.75) is 88.5 Å². The zero-order chi connectivity index (χ0) is 39.1. The topological polar surface area (TPSA) is 94.1 Å². The van der Waals surface area contributed by atoms with Gasteiger partial charge >= 0.3 is 0 Å². The van der Waals surface area contributed by atoms with Gasteiger partial charge in [-0.2, -0.15) is 0 Å². The molecule has 7 rings (SSSR count). The smallest absolute Gasteiger partial charge is 0.187 e. The number of aliphatic hydroxyl groups excluding tert-OH is 1. The Morgan fingerprint density at radius 2 is 0.947 bits per heavy atom. The predicted molar refractivity (Wildman–Crippen MR) is 215 cm³/mol. The minimum atomic E-state index is -1.17. The van der Waals surface area contributed by atoms with Gasteiger partial charge in [0.25, 0.3) is 0 Å². The molecule has 0 saturated carbocycles. The Morgan fingerprint density at radius 1 is 0.526 bits per heavy atom. The molecule has 1 fully saturated rings. The number of rotatable bonds is 19. The fourth-order valence-corrected chi connectivity index (χ4v) is 7.05. The minimum Gasteiger partial charge on any atom is -0.493 e. The molecule has 0 bridgehead atoms. The van der Waals surface area contributed by atoms with Gasteiger partial charge in [0, 0.05) is 0 Å². The van der Waals surface area contributed by atoms with E-state index in [0.717, 1.165) is 27.8 Å². The highest BCUT2D eigenvalue weighted by Gasteiger charge is 2.54. The summed E-state index contributed by atoms with van der Waals surface area (Å²) in [5, 5.41) is 12.1. The number of hydrogen-bond donors (Lipinski definition) is 1. The first kappa shape index (κ1) is 40.5. The second kappa shape index (κ2) is 20.7. The van der Waals surface area contributed by atoms with E-state index in [4.69, 9.17) is 37.9 Å². The predicted octanol–water partition coefficient (Wildman–Crippen LogP) is 7.95. The molecule has 5 aromatic carbocycles. The Kier molecular flexibility index (Phi) is 14.7. The fraction of sp³-hybridized carbons (Fsp3) is 0.333. The molecule has 0 radical (unpaired) electrons. The molecule has 0 amide bonds. The molecule has 6 unspecified atom stereocenters. The molecule has 9 heteroatoms. The van der Waals surface area contributed by atoms with E-state index in [1.807, 2.05) is 165 Å². The van der Waals surface area contributed by atoms with Crippen molar-refractivity contribution in [2.75, 3.05) is 13.2 Å². The van der Waals surface area contributed by atoms with Crippen LogP contribution in [-0.2, 0) is 70.9 Å². The summed E-state index contributed by atoms with van der Waals surface area (Å²) in [5.41, 5.74) is 3.80. The molecular formula is C48H52O9. The van der Waals surface area contributed by atoms with E-state index in [0.29, 0.717) is 19.8 Å². The summed E-state index contributed by atoms with van der Waals surface area (Å²) in [6, 6.07) is 49.6. The van der Waals surface area contributed by atoms with Crippen molar-refractivity contribution in [2.24, 2.45) is 0 Å². The van der Waals surface area contributed by atoms with Crippen molar-refractivity contribution in [1.82, 2.24) is 0 Å². The normalized spacial score (nSPS) is 25.8. The highest BCUT2D eigenvalue weighted by Crippen LogP contribution is 2.37. The van der Waals surface area contributed by atoms with Crippen LogP contribution in [0, 0.1) is 0 Å². The van der Waals surface area contributed by atoms with Crippen LogP contribution in [0.1, 0.15) is 34.7 Å². The van der Waals surface area contributed by atoms with Crippen molar-refractivity contribution in [3.8, 4) is 0 Å². The summed E-state index contributed by atoms with van der Waals surface area (Å²) < 4.78 is 52.6. The lowest BCUT2D eigenvalue weighted by Crippen LogP contribution is -2.65. The van der Waals surface area contributed by atoms with Crippen LogP contribution in [0.15, 0.2) is 164 Å². The van der Waals surface area contributed by atoms with Crippen LogP contribution in [0.2, 0.25) is 0 Å². The Bertz CT molecular complexity index is 1900. The van der Waals surface area contributed by atoms with E-state index in [2.05, 4.69) is 0 Å². The van der Waals surface area contributed by atoms with E-state index in [-0.39, 0.29) is 26.4 Å². The lowest BCUT2D eigenvalue weighted by atomic mass is 9.89. The Hall–Kier alpha value is -4.68. The second-order valence-corrected chi connectivity index (χ2v) is 14.5. The molecule has 8 atom stereocenters. The van der Waals surface area contributed by atoms with Crippen LogP contribution in [-0.4, -0.2) is 66.8 Å². The first-order valence-electron chi connectivity index (χ1n) is 19.6. The van der Waals surface area contributed by atoms with Crippen molar-refractivity contribution >= 4 is 0 Å². The lowest BCUT2D eigenvalue weighted by Gasteiger charge is -2.50. The second-order valence-electron chi connectivity index (χ2n) is 14.5. The molecule has 298 valence electrons. The maximum Gasteiger partial charge on any atom is 0.187 e. The van der Waals surface area contributed by atoms with Crippen molar-refractivity contribution in [3.63, 3.8) is 0 Å². The maximum atomic E-state index is 12.1. The molecular weight excluding hydrogens is 721 g/mol. The first-order valence-corrected chi connectivity index (χ1v) is 19.6. The standard InChI is InChI=1S/C48H52O9/c1-48(42(53-31-38-21-11-4-12-22-38)27-28-52-43(48)35-51-30-37-19-9-3-10-20-37)57-47-46(55-33-40-25-15-6-16-26-40)45(54-32-39-23-13-5-14-24-39)44(49)41(56-47)34-50-29-36-17-7-2-8-18-36/h2-28,41-47,49H,29-35H2,1H3/t41?,42?,43?,44-,45?,46?,47-,48?/m0/s1. The van der Waals surface area contributed by atoms with E-state index in [1.54, 1.807) is 6.26 Å². The third-order valence-corrected chi connectivity index (χ3v) is 10.3. The van der Waals surface area contributed by atoms with Gasteiger partial charge < -0.3 is 43.0 Å². The quantitative estimate of drug-likeness (QED) is 0.0898. The van der Waals surface area contributed by atoms with Crippen LogP contribution in [0.4, 0.5) is 0 Å². The van der Waals surface area contributed by atoms with Gasteiger partial charge in [0.2, 0.25) is 0 Å². The van der Waals surface area contributed by atoms with Crippen molar-refractivity contribution in [3.05, 3.63) is 192 Å². The van der Waals surface area contributed by atoms with Crippen LogP contribution in [0.5, 0.6) is 0 Å². The van der Waals surface area contributed by atoms with Gasteiger partial charge in [0.05, 0.1) is 52.5 Å². The number of ether oxygens (including phenoxy) is 8. The summed E-state index contributed by atoms with van der Waals surface area (Å²) in [6.07, 6.45) is -2.42. The Labute approximate surface area is 335 Å². The van der Waals surface area contributed by atoms with Gasteiger partial charge in [0.1, 0.15) is 36.1 Å². The first-order chi connectivity index (χ1) is 28.0. The average molecular weight is 773 g/mol. The van der Waals surface area contributed by atoms with E-state index < -0.39 is 48.5 Å². The molecule has 2 aliphatic rings. The Morgan fingerprint density at radius 3 is 1.44 bits per heavy atom. The third kappa shape index (κ3) is 11.3. The van der Waals surface area contributed by atoms with Gasteiger partial charge in [-0.1, -0.05) is 152 Å². The zero-order valence-corrected chi connectivity index (χ0v) is 32.3. The number of benzene rings is 5. The Balaban J connectivity index is 1.19. The maximum absolute atomic E-state index is 12.1. The molecule has 1 N–H and O–H groups in total. The van der Waals surface area contributed by atoms with E-state index in [1.165, 1.54) is 0 Å². The number of aliphatic hydroxyl groups is 1. The minimum absolute atomic E-state index is 0.0805. The molecule has 2 aliphatic heterocycles. The van der Waals surface area contributed by atoms with Crippen LogP contribution < -0.4 is 0 Å². The van der Waals surface area contributed by atoms with E-state index in [9.17, 15) is 5.11 Å². The fourth-order valence-electron chi connectivity index (χ4n) is 7.05. The summed E-state index contributed by atoms with van der Waals surface area (Å²) in [7, 11) is 0. The average Bonchev–Trinajstić information content (AvgIpc) is 3.25. The molecule has 0 aromatic heterocycles. The monoisotopic (exact) mass is 772 g/mol. The molecule has 0 spiro atoms. The molecule has 1 saturated heterocycles.